The highest BCUT2D eigenvalue weighted by atomic mass is 19.4. The van der Waals surface area contributed by atoms with Crippen molar-refractivity contribution in [1.29, 1.82) is 0 Å². The van der Waals surface area contributed by atoms with Crippen LogP contribution in [-0.4, -0.2) is 35.3 Å². The van der Waals surface area contributed by atoms with Crippen molar-refractivity contribution in [2.75, 3.05) is 14.1 Å². The molecule has 0 fully saturated rings. The van der Waals surface area contributed by atoms with Gasteiger partial charge in [0.2, 0.25) is 0 Å². The zero-order valence-electron chi connectivity index (χ0n) is 9.17. The summed E-state index contributed by atoms with van der Waals surface area (Å²) in [6, 6.07) is 0. The molecule has 0 aromatic carbocycles. The molecule has 1 atom stereocenters. The van der Waals surface area contributed by atoms with Crippen LogP contribution in [0.3, 0.4) is 0 Å². The highest BCUT2D eigenvalue weighted by Gasteiger charge is 2.53. The van der Waals surface area contributed by atoms with Gasteiger partial charge in [0.15, 0.2) is 11.4 Å². The summed E-state index contributed by atoms with van der Waals surface area (Å²) in [7, 11) is 3.48. The second-order valence-corrected chi connectivity index (χ2v) is 3.95. The molecule has 1 rings (SSSR count). The number of rotatable bonds is 3. The van der Waals surface area contributed by atoms with Crippen LogP contribution in [0.5, 0.6) is 0 Å². The lowest BCUT2D eigenvalue weighted by atomic mass is 10.0. The first-order valence-corrected chi connectivity index (χ1v) is 4.48. The first-order chi connectivity index (χ1) is 7.14. The van der Waals surface area contributed by atoms with Crippen LogP contribution in [0.1, 0.15) is 18.6 Å². The molecule has 0 saturated carbocycles. The van der Waals surface area contributed by atoms with Gasteiger partial charge < -0.3 is 15.2 Å². The Morgan fingerprint density at radius 1 is 1.38 bits per heavy atom. The molecule has 0 aliphatic heterocycles. The number of nitrogens with two attached hydrogens (primary N) is 1. The van der Waals surface area contributed by atoms with E-state index in [0.717, 1.165) is 6.92 Å². The molecule has 92 valence electrons. The average molecular weight is 238 g/mol. The summed E-state index contributed by atoms with van der Waals surface area (Å²) in [5.41, 5.74) is 2.50. The fraction of sp³-hybridized carbons (Fsp3) is 0.750. The minimum atomic E-state index is -4.63. The second kappa shape index (κ2) is 4.02. The predicted octanol–water partition coefficient (Wildman–Crippen LogP) is 0.867. The molecular weight excluding hydrogens is 225 g/mol. The van der Waals surface area contributed by atoms with Gasteiger partial charge in [-0.25, -0.2) is 0 Å². The van der Waals surface area contributed by atoms with E-state index in [9.17, 15) is 13.2 Å². The first kappa shape index (κ1) is 12.9. The largest absolute Gasteiger partial charge is 0.415 e. The summed E-state index contributed by atoms with van der Waals surface area (Å²) >= 11 is 0. The number of nitrogens with zero attached hydrogens (tertiary/aromatic N) is 3. The zero-order chi connectivity index (χ0) is 12.6. The Balaban J connectivity index is 2.93. The minimum absolute atomic E-state index is 0.168. The van der Waals surface area contributed by atoms with Gasteiger partial charge in [-0.15, -0.1) is 0 Å². The quantitative estimate of drug-likeness (QED) is 0.846. The molecule has 0 saturated heterocycles. The molecule has 2 N–H and O–H groups in total. The van der Waals surface area contributed by atoms with E-state index >= 15 is 0 Å². The van der Waals surface area contributed by atoms with Crippen LogP contribution in [0.4, 0.5) is 13.2 Å². The first-order valence-electron chi connectivity index (χ1n) is 4.48. The van der Waals surface area contributed by atoms with Crippen molar-refractivity contribution in [3.8, 4) is 0 Å². The van der Waals surface area contributed by atoms with Crippen LogP contribution in [0.25, 0.3) is 0 Å². The molecule has 0 radical (unpaired) electrons. The lowest BCUT2D eigenvalue weighted by Gasteiger charge is -2.22. The average Bonchev–Trinajstić information content (AvgIpc) is 2.49. The van der Waals surface area contributed by atoms with Gasteiger partial charge in [0.05, 0.1) is 6.54 Å². The topological polar surface area (TPSA) is 68.2 Å². The van der Waals surface area contributed by atoms with Crippen molar-refractivity contribution < 1.29 is 17.7 Å². The molecule has 1 aromatic rings. The van der Waals surface area contributed by atoms with Crippen molar-refractivity contribution in [2.45, 2.75) is 25.2 Å². The molecule has 5 nitrogen and oxygen atoms in total. The molecule has 16 heavy (non-hydrogen) atoms. The van der Waals surface area contributed by atoms with Crippen LogP contribution in [-0.2, 0) is 12.1 Å². The van der Waals surface area contributed by atoms with E-state index in [0.29, 0.717) is 0 Å². The standard InChI is InChI=1S/C8H13F3N4O/c1-7(12,8(9,10)11)6-13-5(14-16-6)4-15(2)3/h4,12H2,1-3H3. The molecule has 0 spiro atoms. The highest BCUT2D eigenvalue weighted by molar-refractivity contribution is 5.04. The maximum atomic E-state index is 12.5. The van der Waals surface area contributed by atoms with Crippen LogP contribution in [0, 0.1) is 0 Å². The number of alkyl halides is 3. The Morgan fingerprint density at radius 3 is 2.38 bits per heavy atom. The Hall–Kier alpha value is -1.15. The highest BCUT2D eigenvalue weighted by Crippen LogP contribution is 2.35. The van der Waals surface area contributed by atoms with E-state index < -0.39 is 17.6 Å². The molecule has 0 bridgehead atoms. The fourth-order valence-electron chi connectivity index (χ4n) is 0.933. The van der Waals surface area contributed by atoms with Gasteiger partial charge in [0.1, 0.15) is 0 Å². The van der Waals surface area contributed by atoms with E-state index in [1.54, 1.807) is 19.0 Å². The SMILES string of the molecule is CN(C)Cc1noc(C(C)(N)C(F)(F)F)n1. The Kier molecular flexibility index (Phi) is 3.25. The van der Waals surface area contributed by atoms with Gasteiger partial charge >= 0.3 is 6.18 Å². The van der Waals surface area contributed by atoms with Gasteiger partial charge in [-0.2, -0.15) is 18.2 Å². The van der Waals surface area contributed by atoms with Gasteiger partial charge in [-0.1, -0.05) is 5.16 Å². The molecule has 1 unspecified atom stereocenters. The fourth-order valence-corrected chi connectivity index (χ4v) is 0.933. The van der Waals surface area contributed by atoms with Crippen molar-refractivity contribution in [3.05, 3.63) is 11.7 Å². The number of aromatic nitrogens is 2. The Morgan fingerprint density at radius 2 is 1.94 bits per heavy atom. The summed E-state index contributed by atoms with van der Waals surface area (Å²) in [6.45, 7) is 1.08. The van der Waals surface area contributed by atoms with Crippen LogP contribution < -0.4 is 5.73 Å². The van der Waals surface area contributed by atoms with Crippen molar-refractivity contribution in [3.63, 3.8) is 0 Å². The summed E-state index contributed by atoms with van der Waals surface area (Å²) in [4.78, 5) is 5.33. The molecule has 1 aromatic heterocycles. The van der Waals surface area contributed by atoms with E-state index in [4.69, 9.17) is 5.73 Å². The van der Waals surface area contributed by atoms with Crippen LogP contribution >= 0.6 is 0 Å². The maximum Gasteiger partial charge on any atom is 0.415 e. The lowest BCUT2D eigenvalue weighted by Crippen LogP contribution is -2.48. The van der Waals surface area contributed by atoms with Gasteiger partial charge in [-0.3, -0.25) is 0 Å². The Bertz CT molecular complexity index is 358. The molecule has 1 heterocycles. The zero-order valence-corrected chi connectivity index (χ0v) is 9.17. The number of hydrogen-bond acceptors (Lipinski definition) is 5. The normalized spacial score (nSPS) is 16.5. The Labute approximate surface area is 90.4 Å². The monoisotopic (exact) mass is 238 g/mol. The third-order valence-electron chi connectivity index (χ3n) is 1.96. The van der Waals surface area contributed by atoms with Crippen molar-refractivity contribution in [2.24, 2.45) is 5.73 Å². The second-order valence-electron chi connectivity index (χ2n) is 3.95. The maximum absolute atomic E-state index is 12.5. The van der Waals surface area contributed by atoms with E-state index in [-0.39, 0.29) is 12.4 Å². The minimum Gasteiger partial charge on any atom is -0.337 e. The molecule has 0 aliphatic carbocycles. The van der Waals surface area contributed by atoms with Gasteiger partial charge in [0.25, 0.3) is 5.89 Å². The van der Waals surface area contributed by atoms with E-state index in [1.165, 1.54) is 0 Å². The smallest absolute Gasteiger partial charge is 0.337 e. The third kappa shape index (κ3) is 2.50. The van der Waals surface area contributed by atoms with Gasteiger partial charge in [0, 0.05) is 0 Å². The molecule has 0 amide bonds. The van der Waals surface area contributed by atoms with Crippen molar-refractivity contribution >= 4 is 0 Å². The summed E-state index contributed by atoms with van der Waals surface area (Å²) in [5.74, 6) is -0.460. The number of halogens is 3. The van der Waals surface area contributed by atoms with Crippen molar-refractivity contribution in [1.82, 2.24) is 15.0 Å². The predicted molar refractivity (Wildman–Crippen MR) is 49.3 cm³/mol. The van der Waals surface area contributed by atoms with Crippen LogP contribution in [0.2, 0.25) is 0 Å². The molecular formula is C8H13F3N4O. The summed E-state index contributed by atoms with van der Waals surface area (Å²) < 4.78 is 42.1. The summed E-state index contributed by atoms with van der Waals surface area (Å²) in [6.07, 6.45) is -4.63. The van der Waals surface area contributed by atoms with Gasteiger partial charge in [-0.05, 0) is 21.0 Å². The van der Waals surface area contributed by atoms with E-state index in [1.807, 2.05) is 0 Å². The molecule has 8 heteroatoms. The van der Waals surface area contributed by atoms with E-state index in [2.05, 4.69) is 14.7 Å². The van der Waals surface area contributed by atoms with Crippen LogP contribution in [0.15, 0.2) is 4.52 Å². The summed E-state index contributed by atoms with van der Waals surface area (Å²) in [5, 5.41) is 3.43. The molecule has 0 aliphatic rings. The number of hydrogen-bond donors (Lipinski definition) is 1. The third-order valence-corrected chi connectivity index (χ3v) is 1.96. The lowest BCUT2D eigenvalue weighted by molar-refractivity contribution is -0.190.